The minimum atomic E-state index is -0.415. The number of benzene rings is 1. The minimum absolute atomic E-state index is 0.0487. The van der Waals surface area contributed by atoms with Crippen molar-refractivity contribution in [2.24, 2.45) is 11.8 Å². The Labute approximate surface area is 193 Å². The van der Waals surface area contributed by atoms with Crippen molar-refractivity contribution >= 4 is 23.2 Å². The van der Waals surface area contributed by atoms with Crippen molar-refractivity contribution in [1.29, 1.82) is 0 Å². The molecule has 0 N–H and O–H groups in total. The first-order valence-electron chi connectivity index (χ1n) is 11.4. The monoisotopic (exact) mass is 458 g/mol. The van der Waals surface area contributed by atoms with Gasteiger partial charge in [-0.1, -0.05) is 26.0 Å². The summed E-state index contributed by atoms with van der Waals surface area (Å²) < 4.78 is 19.9. The molecule has 0 spiro atoms. The topological polar surface area (TPSA) is 49.9 Å². The maximum atomic E-state index is 14.1. The van der Waals surface area contributed by atoms with Crippen LogP contribution in [0.5, 0.6) is 5.75 Å². The summed E-state index contributed by atoms with van der Waals surface area (Å²) in [6, 6.07) is 8.05. The van der Waals surface area contributed by atoms with E-state index in [0.29, 0.717) is 25.4 Å². The second-order valence-corrected chi connectivity index (χ2v) is 10.2. The molecule has 32 heavy (non-hydrogen) atoms. The fourth-order valence-corrected chi connectivity index (χ4v) is 5.13. The number of halogens is 1. The lowest BCUT2D eigenvalue weighted by Crippen LogP contribution is -2.48. The SMILES string of the molecule is CC(C)CC(=O)N(CC(=O)N1CCc2sccc2[C@H]1COc1ccccc1F)CC1CC1. The maximum Gasteiger partial charge on any atom is 0.242 e. The highest BCUT2D eigenvalue weighted by molar-refractivity contribution is 7.10. The molecule has 1 aromatic heterocycles. The molecular weight excluding hydrogens is 427 g/mol. The van der Waals surface area contributed by atoms with E-state index in [9.17, 15) is 14.0 Å². The quantitative estimate of drug-likeness (QED) is 0.548. The second-order valence-electron chi connectivity index (χ2n) is 9.21. The maximum absolute atomic E-state index is 14.1. The zero-order valence-corrected chi connectivity index (χ0v) is 19.6. The average Bonchev–Trinajstić information content (AvgIpc) is 3.44. The summed E-state index contributed by atoms with van der Waals surface area (Å²) in [6.07, 6.45) is 3.49. The number of hydrogen-bond acceptors (Lipinski definition) is 4. The summed E-state index contributed by atoms with van der Waals surface area (Å²) in [7, 11) is 0. The van der Waals surface area contributed by atoms with E-state index >= 15 is 0 Å². The molecule has 2 amide bonds. The number of thiophene rings is 1. The van der Waals surface area contributed by atoms with E-state index in [0.717, 1.165) is 24.8 Å². The van der Waals surface area contributed by atoms with Gasteiger partial charge in [0.15, 0.2) is 11.6 Å². The smallest absolute Gasteiger partial charge is 0.242 e. The van der Waals surface area contributed by atoms with Crippen molar-refractivity contribution in [3.05, 3.63) is 52.0 Å². The van der Waals surface area contributed by atoms with Gasteiger partial charge in [-0.2, -0.15) is 0 Å². The summed E-state index contributed by atoms with van der Waals surface area (Å²) in [5.41, 5.74) is 1.06. The predicted octanol–water partition coefficient (Wildman–Crippen LogP) is 4.68. The predicted molar refractivity (Wildman–Crippen MR) is 123 cm³/mol. The van der Waals surface area contributed by atoms with Gasteiger partial charge in [-0.15, -0.1) is 11.3 Å². The highest BCUT2D eigenvalue weighted by Crippen LogP contribution is 2.35. The van der Waals surface area contributed by atoms with E-state index in [1.165, 1.54) is 10.9 Å². The van der Waals surface area contributed by atoms with Crippen molar-refractivity contribution in [2.45, 2.75) is 45.6 Å². The third-order valence-electron chi connectivity index (χ3n) is 6.09. The van der Waals surface area contributed by atoms with Gasteiger partial charge in [-0.05, 0) is 60.2 Å². The largest absolute Gasteiger partial charge is 0.488 e. The van der Waals surface area contributed by atoms with Crippen LogP contribution >= 0.6 is 11.3 Å². The molecule has 5 nitrogen and oxygen atoms in total. The zero-order valence-electron chi connectivity index (χ0n) is 18.8. The Morgan fingerprint density at radius 2 is 2.03 bits per heavy atom. The van der Waals surface area contributed by atoms with Gasteiger partial charge in [0, 0.05) is 24.4 Å². The Kier molecular flexibility index (Phi) is 7.13. The summed E-state index contributed by atoms with van der Waals surface area (Å²) >= 11 is 1.68. The van der Waals surface area contributed by atoms with Crippen LogP contribution < -0.4 is 4.74 Å². The minimum Gasteiger partial charge on any atom is -0.488 e. The molecule has 0 radical (unpaired) electrons. The molecule has 0 saturated heterocycles. The van der Waals surface area contributed by atoms with Crippen LogP contribution in [0.3, 0.4) is 0 Å². The third-order valence-corrected chi connectivity index (χ3v) is 7.08. The third kappa shape index (κ3) is 5.49. The molecule has 2 aromatic rings. The fourth-order valence-electron chi connectivity index (χ4n) is 4.20. The standard InChI is InChI=1S/C25H31FN2O3S/c1-17(2)13-24(29)27(14-18-7-8-18)15-25(30)28-11-9-23-19(10-12-32-23)21(28)16-31-22-6-4-3-5-20(22)26/h3-6,10,12,17-18,21H,7-9,11,13-16H2,1-2H3/t21-/m1/s1. The molecule has 1 fully saturated rings. The molecule has 1 aromatic carbocycles. The fraction of sp³-hybridized carbons (Fsp3) is 0.520. The van der Waals surface area contributed by atoms with Gasteiger partial charge in [0.25, 0.3) is 0 Å². The molecule has 1 aliphatic heterocycles. The summed E-state index contributed by atoms with van der Waals surface area (Å²) in [4.78, 5) is 31.0. The van der Waals surface area contributed by atoms with Crippen molar-refractivity contribution < 1.29 is 18.7 Å². The molecule has 7 heteroatoms. The van der Waals surface area contributed by atoms with Crippen molar-refractivity contribution in [1.82, 2.24) is 9.80 Å². The van der Waals surface area contributed by atoms with Gasteiger partial charge in [-0.3, -0.25) is 9.59 Å². The van der Waals surface area contributed by atoms with Crippen molar-refractivity contribution in [3.8, 4) is 5.75 Å². The Morgan fingerprint density at radius 1 is 1.25 bits per heavy atom. The second kappa shape index (κ2) is 10.0. The molecule has 2 heterocycles. The number of fused-ring (bicyclic) bond motifs is 1. The van der Waals surface area contributed by atoms with Gasteiger partial charge in [0.2, 0.25) is 11.8 Å². The Bertz CT molecular complexity index is 956. The average molecular weight is 459 g/mol. The van der Waals surface area contributed by atoms with E-state index in [1.807, 2.05) is 30.2 Å². The summed E-state index contributed by atoms with van der Waals surface area (Å²) in [5, 5.41) is 2.03. The first kappa shape index (κ1) is 22.8. The summed E-state index contributed by atoms with van der Waals surface area (Å²) in [5.74, 6) is 0.522. The van der Waals surface area contributed by atoms with E-state index in [-0.39, 0.29) is 42.7 Å². The normalized spacial score (nSPS) is 17.9. The number of carbonyl (C=O) groups is 2. The number of nitrogens with zero attached hydrogens (tertiary/aromatic N) is 2. The molecule has 2 aliphatic rings. The van der Waals surface area contributed by atoms with Gasteiger partial charge in [0.05, 0.1) is 12.6 Å². The van der Waals surface area contributed by atoms with E-state index in [4.69, 9.17) is 4.74 Å². The van der Waals surface area contributed by atoms with Gasteiger partial charge >= 0.3 is 0 Å². The molecule has 172 valence electrons. The van der Waals surface area contributed by atoms with Crippen LogP contribution in [0, 0.1) is 17.7 Å². The molecule has 1 saturated carbocycles. The van der Waals surface area contributed by atoms with Crippen LogP contribution in [-0.2, 0) is 16.0 Å². The van der Waals surface area contributed by atoms with Crippen LogP contribution in [0.15, 0.2) is 35.7 Å². The first-order chi connectivity index (χ1) is 15.4. The Balaban J connectivity index is 1.49. The lowest BCUT2D eigenvalue weighted by atomic mass is 10.00. The first-order valence-corrected chi connectivity index (χ1v) is 12.3. The van der Waals surface area contributed by atoms with Crippen LogP contribution in [-0.4, -0.2) is 47.9 Å². The number of amides is 2. The van der Waals surface area contributed by atoms with E-state index < -0.39 is 5.82 Å². The van der Waals surface area contributed by atoms with Gasteiger partial charge < -0.3 is 14.5 Å². The number of ether oxygens (including phenoxy) is 1. The molecule has 0 bridgehead atoms. The Hall–Kier alpha value is -2.41. The highest BCUT2D eigenvalue weighted by atomic mass is 32.1. The number of rotatable bonds is 9. The molecular formula is C25H31FN2O3S. The molecule has 0 unspecified atom stereocenters. The number of para-hydroxylation sites is 1. The molecule has 4 rings (SSSR count). The Morgan fingerprint density at radius 3 is 2.75 bits per heavy atom. The van der Waals surface area contributed by atoms with Crippen LogP contribution in [0.25, 0.3) is 0 Å². The van der Waals surface area contributed by atoms with Crippen LogP contribution in [0.4, 0.5) is 4.39 Å². The zero-order chi connectivity index (χ0) is 22.7. The van der Waals surface area contributed by atoms with E-state index in [2.05, 4.69) is 0 Å². The van der Waals surface area contributed by atoms with Crippen LogP contribution in [0.1, 0.15) is 49.6 Å². The van der Waals surface area contributed by atoms with Gasteiger partial charge in [-0.25, -0.2) is 4.39 Å². The molecule has 1 aliphatic carbocycles. The van der Waals surface area contributed by atoms with Crippen molar-refractivity contribution in [2.75, 3.05) is 26.2 Å². The van der Waals surface area contributed by atoms with Crippen molar-refractivity contribution in [3.63, 3.8) is 0 Å². The lowest BCUT2D eigenvalue weighted by molar-refractivity contribution is -0.143. The summed E-state index contributed by atoms with van der Waals surface area (Å²) in [6.45, 7) is 5.55. The lowest BCUT2D eigenvalue weighted by Gasteiger charge is -2.37. The number of hydrogen-bond donors (Lipinski definition) is 0. The number of carbonyl (C=O) groups excluding carboxylic acids is 2. The highest BCUT2D eigenvalue weighted by Gasteiger charge is 2.35. The van der Waals surface area contributed by atoms with Gasteiger partial charge in [0.1, 0.15) is 6.61 Å². The van der Waals surface area contributed by atoms with E-state index in [1.54, 1.807) is 34.4 Å². The molecule has 1 atom stereocenters. The van der Waals surface area contributed by atoms with Crippen LogP contribution in [0.2, 0.25) is 0 Å².